The summed E-state index contributed by atoms with van der Waals surface area (Å²) in [6, 6.07) is 24.9. The third kappa shape index (κ3) is 4.55. The standard InChI is InChI=1S/C31H28ClN3O3/c32-24-12-5-8-21(18-24)20-7-4-9-22(17-20)27(36)29(38)35-16-6-13-26-25(19-35)28(37)34-30(33-26)31(14-15-31)23-10-2-1-3-11-23/h1-5,7-12,17-18,27,36H,6,13-16,19H2,(H,33,34,37)/t27-/m1/s1. The minimum absolute atomic E-state index is 0.125. The van der Waals surface area contributed by atoms with E-state index in [4.69, 9.17) is 16.6 Å². The first kappa shape index (κ1) is 24.6. The number of aliphatic hydroxyl groups is 1. The lowest BCUT2D eigenvalue weighted by Gasteiger charge is -2.24. The molecule has 6 nitrogen and oxygen atoms in total. The maximum atomic E-state index is 13.4. The molecule has 2 heterocycles. The van der Waals surface area contributed by atoms with Gasteiger partial charge in [-0.3, -0.25) is 9.59 Å². The fraction of sp³-hybridized carbons (Fsp3) is 0.258. The number of aromatic amines is 1. The van der Waals surface area contributed by atoms with Gasteiger partial charge >= 0.3 is 0 Å². The van der Waals surface area contributed by atoms with Crippen LogP contribution in [0.2, 0.25) is 5.02 Å². The zero-order valence-electron chi connectivity index (χ0n) is 20.9. The molecule has 192 valence electrons. The SMILES string of the molecule is O=C([C@H](O)c1cccc(-c2cccc(Cl)c2)c1)N1CCCc2nc(C3(c4ccccc4)CC3)[nH]c(=O)c2C1. The summed E-state index contributed by atoms with van der Waals surface area (Å²) < 4.78 is 0. The number of fused-ring (bicyclic) bond motifs is 1. The van der Waals surface area contributed by atoms with Gasteiger partial charge in [-0.15, -0.1) is 0 Å². The molecule has 1 saturated carbocycles. The van der Waals surface area contributed by atoms with E-state index in [0.29, 0.717) is 41.4 Å². The Bertz CT molecular complexity index is 1560. The quantitative estimate of drug-likeness (QED) is 0.376. The predicted octanol–water partition coefficient (Wildman–Crippen LogP) is 5.18. The highest BCUT2D eigenvalue weighted by atomic mass is 35.5. The number of benzene rings is 3. The van der Waals surface area contributed by atoms with Crippen LogP contribution in [-0.4, -0.2) is 32.4 Å². The van der Waals surface area contributed by atoms with Crippen LogP contribution >= 0.6 is 11.6 Å². The fourth-order valence-corrected chi connectivity index (χ4v) is 5.64. The van der Waals surface area contributed by atoms with Gasteiger partial charge in [0.1, 0.15) is 5.82 Å². The number of nitrogens with one attached hydrogen (secondary N) is 1. The molecule has 1 aliphatic carbocycles. The topological polar surface area (TPSA) is 86.3 Å². The van der Waals surface area contributed by atoms with Crippen molar-refractivity contribution < 1.29 is 9.90 Å². The summed E-state index contributed by atoms with van der Waals surface area (Å²) in [5.41, 5.74) is 4.24. The van der Waals surface area contributed by atoms with Gasteiger partial charge in [0, 0.05) is 11.6 Å². The van der Waals surface area contributed by atoms with Crippen molar-refractivity contribution in [2.45, 2.75) is 43.7 Å². The van der Waals surface area contributed by atoms with Crippen molar-refractivity contribution in [3.8, 4) is 11.1 Å². The van der Waals surface area contributed by atoms with Crippen LogP contribution in [0.4, 0.5) is 0 Å². The number of aliphatic hydroxyl groups excluding tert-OH is 1. The molecule has 1 atom stereocenters. The van der Waals surface area contributed by atoms with Gasteiger partial charge in [-0.25, -0.2) is 4.98 Å². The highest BCUT2D eigenvalue weighted by molar-refractivity contribution is 6.30. The Morgan fingerprint density at radius 2 is 1.74 bits per heavy atom. The number of hydrogen-bond acceptors (Lipinski definition) is 4. The van der Waals surface area contributed by atoms with E-state index in [1.54, 1.807) is 23.1 Å². The average molecular weight is 526 g/mol. The highest BCUT2D eigenvalue weighted by Gasteiger charge is 2.48. The summed E-state index contributed by atoms with van der Waals surface area (Å²) in [4.78, 5) is 36.2. The number of carbonyl (C=O) groups is 1. The monoisotopic (exact) mass is 525 g/mol. The number of halogens is 1. The van der Waals surface area contributed by atoms with Gasteiger partial charge in [0.15, 0.2) is 6.10 Å². The highest BCUT2D eigenvalue weighted by Crippen LogP contribution is 2.51. The van der Waals surface area contributed by atoms with E-state index in [-0.39, 0.29) is 17.5 Å². The number of amides is 1. The van der Waals surface area contributed by atoms with Crippen LogP contribution in [0.1, 0.15) is 53.6 Å². The number of H-pyrrole nitrogens is 1. The Kier molecular flexibility index (Phi) is 6.38. The smallest absolute Gasteiger partial charge is 0.256 e. The lowest BCUT2D eigenvalue weighted by atomic mass is 9.94. The van der Waals surface area contributed by atoms with Crippen molar-refractivity contribution in [3.05, 3.63) is 122 Å². The van der Waals surface area contributed by atoms with E-state index < -0.39 is 12.0 Å². The first-order chi connectivity index (χ1) is 18.4. The molecule has 0 bridgehead atoms. The molecular weight excluding hydrogens is 498 g/mol. The van der Waals surface area contributed by atoms with Gasteiger partial charge < -0.3 is 15.0 Å². The van der Waals surface area contributed by atoms with Gasteiger partial charge in [0.2, 0.25) is 0 Å². The van der Waals surface area contributed by atoms with E-state index in [9.17, 15) is 14.7 Å². The largest absolute Gasteiger partial charge is 0.378 e. The zero-order valence-corrected chi connectivity index (χ0v) is 21.6. The summed E-state index contributed by atoms with van der Waals surface area (Å²) >= 11 is 6.14. The molecule has 1 aromatic heterocycles. The molecule has 0 radical (unpaired) electrons. The molecule has 1 amide bonds. The first-order valence-electron chi connectivity index (χ1n) is 13.0. The fourth-order valence-electron chi connectivity index (χ4n) is 5.45. The number of nitrogens with zero attached hydrogens (tertiary/aromatic N) is 2. The molecule has 0 saturated heterocycles. The van der Waals surface area contributed by atoms with Crippen molar-refractivity contribution in [2.24, 2.45) is 0 Å². The van der Waals surface area contributed by atoms with Crippen LogP contribution in [0.3, 0.4) is 0 Å². The molecule has 2 N–H and O–H groups in total. The van der Waals surface area contributed by atoms with Crippen molar-refractivity contribution in [1.82, 2.24) is 14.9 Å². The number of carbonyl (C=O) groups excluding carboxylic acids is 1. The molecule has 4 aromatic rings. The summed E-state index contributed by atoms with van der Waals surface area (Å²) in [6.07, 6.45) is 1.84. The Hall–Kier alpha value is -3.74. The van der Waals surface area contributed by atoms with Crippen LogP contribution < -0.4 is 5.56 Å². The lowest BCUT2D eigenvalue weighted by Crippen LogP contribution is -2.36. The molecule has 2 aliphatic rings. The van der Waals surface area contributed by atoms with Crippen LogP contribution in [0, 0.1) is 0 Å². The van der Waals surface area contributed by atoms with E-state index in [0.717, 1.165) is 35.2 Å². The van der Waals surface area contributed by atoms with Gasteiger partial charge in [0.25, 0.3) is 11.5 Å². The molecule has 38 heavy (non-hydrogen) atoms. The number of rotatable bonds is 5. The van der Waals surface area contributed by atoms with E-state index in [2.05, 4.69) is 17.1 Å². The molecule has 7 heteroatoms. The second-order valence-corrected chi connectivity index (χ2v) is 10.6. The second kappa shape index (κ2) is 9.86. The molecule has 0 unspecified atom stereocenters. The van der Waals surface area contributed by atoms with Crippen LogP contribution in [0.15, 0.2) is 83.7 Å². The van der Waals surface area contributed by atoms with Crippen LogP contribution in [0.5, 0.6) is 0 Å². The number of hydrogen-bond donors (Lipinski definition) is 2. The summed E-state index contributed by atoms with van der Waals surface area (Å²) in [5.74, 6) is 0.289. The van der Waals surface area contributed by atoms with Crippen molar-refractivity contribution in [1.29, 1.82) is 0 Å². The Balaban J connectivity index is 1.25. The minimum atomic E-state index is -1.34. The minimum Gasteiger partial charge on any atom is -0.378 e. The Morgan fingerprint density at radius 3 is 2.47 bits per heavy atom. The molecule has 1 fully saturated rings. The first-order valence-corrected chi connectivity index (χ1v) is 13.3. The Morgan fingerprint density at radius 1 is 1.00 bits per heavy atom. The van der Waals surface area contributed by atoms with Crippen LogP contribution in [-0.2, 0) is 23.2 Å². The third-order valence-electron chi connectivity index (χ3n) is 7.73. The lowest BCUT2D eigenvalue weighted by molar-refractivity contribution is -0.141. The van der Waals surface area contributed by atoms with E-state index in [1.165, 1.54) is 0 Å². The predicted molar refractivity (Wildman–Crippen MR) is 147 cm³/mol. The number of aryl methyl sites for hydroxylation is 1. The third-order valence-corrected chi connectivity index (χ3v) is 7.96. The van der Waals surface area contributed by atoms with E-state index in [1.807, 2.05) is 48.5 Å². The van der Waals surface area contributed by atoms with Crippen molar-refractivity contribution >= 4 is 17.5 Å². The normalized spacial score (nSPS) is 16.8. The van der Waals surface area contributed by atoms with Gasteiger partial charge in [0.05, 0.1) is 23.2 Å². The molecule has 1 aliphatic heterocycles. The van der Waals surface area contributed by atoms with Gasteiger partial charge in [-0.05, 0) is 66.1 Å². The molecule has 3 aromatic carbocycles. The van der Waals surface area contributed by atoms with Gasteiger partial charge in [-0.2, -0.15) is 0 Å². The van der Waals surface area contributed by atoms with Gasteiger partial charge in [-0.1, -0.05) is 72.3 Å². The summed E-state index contributed by atoms with van der Waals surface area (Å²) in [6.45, 7) is 0.568. The van der Waals surface area contributed by atoms with Crippen molar-refractivity contribution in [3.63, 3.8) is 0 Å². The molecule has 6 rings (SSSR count). The van der Waals surface area contributed by atoms with Crippen LogP contribution in [0.25, 0.3) is 11.1 Å². The number of aromatic nitrogens is 2. The maximum absolute atomic E-state index is 13.4. The second-order valence-electron chi connectivity index (χ2n) is 10.2. The van der Waals surface area contributed by atoms with Crippen molar-refractivity contribution in [2.75, 3.05) is 6.54 Å². The average Bonchev–Trinajstić information content (AvgIpc) is 3.77. The molecular formula is C31H28ClN3O3. The zero-order chi connectivity index (χ0) is 26.3. The summed E-state index contributed by atoms with van der Waals surface area (Å²) in [7, 11) is 0. The maximum Gasteiger partial charge on any atom is 0.256 e. The van der Waals surface area contributed by atoms with E-state index >= 15 is 0 Å². The Labute approximate surface area is 225 Å². The summed E-state index contributed by atoms with van der Waals surface area (Å²) in [5, 5.41) is 11.7. The molecule has 0 spiro atoms.